The van der Waals surface area contributed by atoms with E-state index in [1.165, 1.54) is 0 Å². The second-order valence-corrected chi connectivity index (χ2v) is 6.75. The Morgan fingerprint density at radius 3 is 0.792 bits per heavy atom. The maximum Gasteiger partial charge on any atom is 0.336 e. The van der Waals surface area contributed by atoms with Gasteiger partial charge in [-0.25, -0.2) is 14.4 Å². The Kier molecular flexibility index (Phi) is 5.76. The molecular formula is C18H24O6. The van der Waals surface area contributed by atoms with Crippen molar-refractivity contribution in [3.8, 4) is 0 Å². The first kappa shape index (κ1) is 19.7. The van der Waals surface area contributed by atoms with Gasteiger partial charge in [-0.15, -0.1) is 0 Å². The Balaban J connectivity index is 4.37. The average Bonchev–Trinajstić information content (AvgIpc) is 2.42. The average molecular weight is 336 g/mol. The third-order valence-electron chi connectivity index (χ3n) is 3.99. The van der Waals surface area contributed by atoms with E-state index in [1.54, 1.807) is 41.5 Å². The van der Waals surface area contributed by atoms with Crippen LogP contribution in [0.3, 0.4) is 0 Å². The molecular weight excluding hydrogens is 312 g/mol. The number of carboxylic acid groups (broad SMARTS) is 3. The van der Waals surface area contributed by atoms with E-state index in [0.29, 0.717) is 0 Å². The Morgan fingerprint density at radius 1 is 0.542 bits per heavy atom. The molecule has 0 amide bonds. The first-order chi connectivity index (χ1) is 10.9. The topological polar surface area (TPSA) is 112 Å². The number of hydrogen-bond acceptors (Lipinski definition) is 3. The van der Waals surface area contributed by atoms with Crippen LogP contribution in [0.4, 0.5) is 0 Å². The fraction of sp³-hybridized carbons (Fsp3) is 0.500. The first-order valence-electron chi connectivity index (χ1n) is 7.86. The highest BCUT2D eigenvalue weighted by molar-refractivity contribution is 6.05. The van der Waals surface area contributed by atoms with Gasteiger partial charge in [-0.2, -0.15) is 0 Å². The molecule has 0 aromatic heterocycles. The minimum absolute atomic E-state index is 0.187. The van der Waals surface area contributed by atoms with Gasteiger partial charge in [0.2, 0.25) is 0 Å². The molecule has 0 atom stereocenters. The molecule has 1 aromatic carbocycles. The number of rotatable bonds is 6. The molecule has 132 valence electrons. The normalized spacial score (nSPS) is 11.4. The molecule has 0 spiro atoms. The molecule has 0 aliphatic heterocycles. The van der Waals surface area contributed by atoms with Gasteiger partial charge in [-0.05, 0) is 34.4 Å². The van der Waals surface area contributed by atoms with Crippen molar-refractivity contribution >= 4 is 17.9 Å². The lowest BCUT2D eigenvalue weighted by molar-refractivity contribution is 0.0691. The van der Waals surface area contributed by atoms with E-state index in [2.05, 4.69) is 0 Å². The molecule has 0 heterocycles. The van der Waals surface area contributed by atoms with Crippen LogP contribution in [-0.4, -0.2) is 33.2 Å². The van der Waals surface area contributed by atoms with Crippen molar-refractivity contribution in [2.75, 3.05) is 0 Å². The second kappa shape index (κ2) is 7.03. The van der Waals surface area contributed by atoms with Crippen molar-refractivity contribution in [3.63, 3.8) is 0 Å². The van der Waals surface area contributed by atoms with Gasteiger partial charge in [0, 0.05) is 0 Å². The van der Waals surface area contributed by atoms with Gasteiger partial charge in [0.1, 0.15) is 0 Å². The van der Waals surface area contributed by atoms with Crippen LogP contribution in [0.1, 0.15) is 107 Å². The number of hydrogen-bond donors (Lipinski definition) is 3. The van der Waals surface area contributed by atoms with Crippen molar-refractivity contribution in [2.45, 2.75) is 59.3 Å². The highest BCUT2D eigenvalue weighted by atomic mass is 16.4. The van der Waals surface area contributed by atoms with Crippen LogP contribution in [0.15, 0.2) is 0 Å². The smallest absolute Gasteiger partial charge is 0.336 e. The zero-order chi connectivity index (χ0) is 18.9. The zero-order valence-corrected chi connectivity index (χ0v) is 14.8. The Morgan fingerprint density at radius 2 is 0.708 bits per heavy atom. The van der Waals surface area contributed by atoms with Crippen LogP contribution < -0.4 is 0 Å². The largest absolute Gasteiger partial charge is 0.478 e. The number of aromatic carboxylic acids is 3. The predicted molar refractivity (Wildman–Crippen MR) is 89.6 cm³/mol. The molecule has 0 fully saturated rings. The summed E-state index contributed by atoms with van der Waals surface area (Å²) < 4.78 is 0. The summed E-state index contributed by atoms with van der Waals surface area (Å²) in [4.78, 5) is 35.7. The van der Waals surface area contributed by atoms with Crippen LogP contribution >= 0.6 is 0 Å². The number of benzene rings is 1. The summed E-state index contributed by atoms with van der Waals surface area (Å²) >= 11 is 0. The summed E-state index contributed by atoms with van der Waals surface area (Å²) in [5, 5.41) is 29.1. The van der Waals surface area contributed by atoms with Crippen LogP contribution in [0.2, 0.25) is 0 Å². The Hall–Kier alpha value is -2.37. The second-order valence-electron chi connectivity index (χ2n) is 6.75. The quantitative estimate of drug-likeness (QED) is 0.719. The van der Waals surface area contributed by atoms with Gasteiger partial charge < -0.3 is 15.3 Å². The fourth-order valence-electron chi connectivity index (χ4n) is 3.23. The highest BCUT2D eigenvalue weighted by Gasteiger charge is 2.35. The zero-order valence-electron chi connectivity index (χ0n) is 14.8. The van der Waals surface area contributed by atoms with Gasteiger partial charge in [0.05, 0.1) is 16.7 Å². The van der Waals surface area contributed by atoms with Crippen molar-refractivity contribution in [1.29, 1.82) is 0 Å². The van der Waals surface area contributed by atoms with E-state index in [-0.39, 0.29) is 51.1 Å². The van der Waals surface area contributed by atoms with E-state index >= 15 is 0 Å². The molecule has 1 rings (SSSR count). The minimum atomic E-state index is -1.30. The molecule has 6 heteroatoms. The van der Waals surface area contributed by atoms with Gasteiger partial charge in [0.15, 0.2) is 0 Å². The molecule has 0 saturated heterocycles. The molecule has 1 aromatic rings. The van der Waals surface area contributed by atoms with Crippen LogP contribution in [0, 0.1) is 0 Å². The molecule has 6 nitrogen and oxygen atoms in total. The van der Waals surface area contributed by atoms with Gasteiger partial charge >= 0.3 is 17.9 Å². The number of carbonyl (C=O) groups is 3. The van der Waals surface area contributed by atoms with E-state index in [4.69, 9.17) is 0 Å². The lowest BCUT2D eigenvalue weighted by Gasteiger charge is -2.26. The van der Waals surface area contributed by atoms with Gasteiger partial charge in [-0.3, -0.25) is 0 Å². The monoisotopic (exact) mass is 336 g/mol. The molecule has 0 saturated carbocycles. The summed E-state index contributed by atoms with van der Waals surface area (Å²) in [5.74, 6) is -5.03. The Labute approximate surface area is 141 Å². The van der Waals surface area contributed by atoms with E-state index in [1.807, 2.05) is 0 Å². The Bertz CT molecular complexity index is 582. The van der Waals surface area contributed by atoms with Crippen molar-refractivity contribution in [2.24, 2.45) is 0 Å². The maximum absolute atomic E-state index is 11.9. The molecule has 0 unspecified atom stereocenters. The fourth-order valence-corrected chi connectivity index (χ4v) is 3.23. The highest BCUT2D eigenvalue weighted by Crippen LogP contribution is 2.40. The summed E-state index contributed by atoms with van der Waals surface area (Å²) in [7, 11) is 0. The summed E-state index contributed by atoms with van der Waals surface area (Å²) in [6.07, 6.45) is 0. The third kappa shape index (κ3) is 3.27. The van der Waals surface area contributed by atoms with Crippen molar-refractivity contribution < 1.29 is 29.7 Å². The van der Waals surface area contributed by atoms with E-state index in [9.17, 15) is 29.7 Å². The lowest BCUT2D eigenvalue weighted by atomic mass is 9.76. The first-order valence-corrected chi connectivity index (χ1v) is 7.86. The van der Waals surface area contributed by atoms with Crippen LogP contribution in [0.5, 0.6) is 0 Å². The summed E-state index contributed by atoms with van der Waals surface area (Å²) in [6.45, 7) is 10.3. The lowest BCUT2D eigenvalue weighted by Crippen LogP contribution is -2.23. The molecule has 24 heavy (non-hydrogen) atoms. The summed E-state index contributed by atoms with van der Waals surface area (Å²) in [6, 6.07) is 0. The van der Waals surface area contributed by atoms with Gasteiger partial charge in [-0.1, -0.05) is 41.5 Å². The molecule has 0 radical (unpaired) electrons. The van der Waals surface area contributed by atoms with Crippen molar-refractivity contribution in [3.05, 3.63) is 33.4 Å². The third-order valence-corrected chi connectivity index (χ3v) is 3.99. The molecule has 0 aliphatic rings. The minimum Gasteiger partial charge on any atom is -0.478 e. The standard InChI is InChI=1S/C18H24O6/c1-7(2)10-13(16(19)20)11(8(3)4)15(18(23)24)12(9(5)6)14(10)17(21)22/h7-9H,1-6H3,(H,19,20)(H,21,22)(H,23,24). The SMILES string of the molecule is CC(C)c1c(C(=O)O)c(C(C)C)c(C(=O)O)c(C(C)C)c1C(=O)O. The maximum atomic E-state index is 11.9. The molecule has 3 N–H and O–H groups in total. The molecule has 0 bridgehead atoms. The van der Waals surface area contributed by atoms with Crippen LogP contribution in [-0.2, 0) is 0 Å². The van der Waals surface area contributed by atoms with Gasteiger partial charge in [0.25, 0.3) is 0 Å². The van der Waals surface area contributed by atoms with Crippen LogP contribution in [0.25, 0.3) is 0 Å². The van der Waals surface area contributed by atoms with E-state index < -0.39 is 17.9 Å². The predicted octanol–water partition coefficient (Wildman–Crippen LogP) is 4.15. The summed E-state index contributed by atoms with van der Waals surface area (Å²) in [5.41, 5.74) is -0.0233. The number of carboxylic acids is 3. The molecule has 0 aliphatic carbocycles. The van der Waals surface area contributed by atoms with Crippen molar-refractivity contribution in [1.82, 2.24) is 0 Å². The van der Waals surface area contributed by atoms with E-state index in [0.717, 1.165) is 0 Å².